The molecule has 0 saturated carbocycles. The van der Waals surface area contributed by atoms with Gasteiger partial charge in [0.1, 0.15) is 0 Å². The highest BCUT2D eigenvalue weighted by atomic mass is 35.5. The van der Waals surface area contributed by atoms with Crippen molar-refractivity contribution in [1.82, 2.24) is 19.8 Å². The molecular formula is C29H30ClN5S. The minimum absolute atomic E-state index is 0.0278. The zero-order valence-electron chi connectivity index (χ0n) is 20.5. The molecule has 3 heterocycles. The van der Waals surface area contributed by atoms with Gasteiger partial charge in [0.25, 0.3) is 0 Å². The summed E-state index contributed by atoms with van der Waals surface area (Å²) in [5.74, 6) is 0. The molecule has 0 aliphatic carbocycles. The van der Waals surface area contributed by atoms with Gasteiger partial charge in [-0.15, -0.1) is 0 Å². The van der Waals surface area contributed by atoms with Crippen molar-refractivity contribution < 1.29 is 0 Å². The molecular weight excluding hydrogens is 486 g/mol. The highest BCUT2D eigenvalue weighted by Crippen LogP contribution is 2.41. The fourth-order valence-corrected chi connectivity index (χ4v) is 5.56. The molecule has 0 spiro atoms. The third-order valence-electron chi connectivity index (χ3n) is 6.75. The third-order valence-corrected chi connectivity index (χ3v) is 7.35. The van der Waals surface area contributed by atoms with Crippen LogP contribution in [0.4, 0.5) is 5.69 Å². The number of nitrogens with zero attached hydrogens (tertiary/aromatic N) is 3. The van der Waals surface area contributed by atoms with Gasteiger partial charge in [0.2, 0.25) is 0 Å². The van der Waals surface area contributed by atoms with Crippen LogP contribution in [-0.4, -0.2) is 32.7 Å². The van der Waals surface area contributed by atoms with Crippen molar-refractivity contribution in [1.29, 1.82) is 0 Å². The standard InChI is InChI=1S/C29H30ClN5S/c1-20-19-25(21(2)35(20)24-14-12-22(30)13-15-24)28-27(26-11-6-7-16-32-26)33-29(36)34(28)18-8-17-31-23-9-4-3-5-10-23/h3-7,9-16,19,27-28,31H,8,17-18H2,1-2H3,(H,33,36)/t27-,28-/m0/s1. The van der Waals surface area contributed by atoms with Gasteiger partial charge in [0, 0.05) is 47.1 Å². The average Bonchev–Trinajstić information content (AvgIpc) is 3.38. The summed E-state index contributed by atoms with van der Waals surface area (Å²) in [6.07, 6.45) is 2.80. The monoisotopic (exact) mass is 515 g/mol. The van der Waals surface area contributed by atoms with E-state index in [1.165, 1.54) is 17.0 Å². The van der Waals surface area contributed by atoms with Gasteiger partial charge in [-0.25, -0.2) is 0 Å². The number of hydrogen-bond donors (Lipinski definition) is 2. The van der Waals surface area contributed by atoms with Gasteiger partial charge >= 0.3 is 0 Å². The second-order valence-electron chi connectivity index (χ2n) is 9.10. The van der Waals surface area contributed by atoms with Gasteiger partial charge in [-0.3, -0.25) is 4.98 Å². The summed E-state index contributed by atoms with van der Waals surface area (Å²) in [5, 5.41) is 8.60. The molecule has 4 aromatic rings. The zero-order valence-corrected chi connectivity index (χ0v) is 22.1. The molecule has 2 aromatic carbocycles. The number of hydrogen-bond acceptors (Lipinski definition) is 3. The first-order chi connectivity index (χ1) is 17.5. The van der Waals surface area contributed by atoms with Gasteiger partial charge in [-0.2, -0.15) is 0 Å². The molecule has 1 aliphatic rings. The molecule has 0 radical (unpaired) electrons. The maximum atomic E-state index is 6.16. The minimum atomic E-state index is -0.0278. The molecule has 5 rings (SSSR count). The van der Waals surface area contributed by atoms with Crippen molar-refractivity contribution in [2.24, 2.45) is 0 Å². The Morgan fingerprint density at radius 3 is 2.47 bits per heavy atom. The highest BCUT2D eigenvalue weighted by Gasteiger charge is 2.41. The van der Waals surface area contributed by atoms with Crippen LogP contribution in [-0.2, 0) is 0 Å². The summed E-state index contributed by atoms with van der Waals surface area (Å²) in [7, 11) is 0. The molecule has 2 atom stereocenters. The molecule has 2 aromatic heterocycles. The smallest absolute Gasteiger partial charge is 0.170 e. The molecule has 7 heteroatoms. The van der Waals surface area contributed by atoms with E-state index in [0.29, 0.717) is 0 Å². The lowest BCUT2D eigenvalue weighted by atomic mass is 9.96. The van der Waals surface area contributed by atoms with Crippen LogP contribution in [0.5, 0.6) is 0 Å². The fourth-order valence-electron chi connectivity index (χ4n) is 5.10. The largest absolute Gasteiger partial charge is 0.385 e. The summed E-state index contributed by atoms with van der Waals surface area (Å²) in [6.45, 7) is 6.04. The quantitative estimate of drug-likeness (QED) is 0.204. The van der Waals surface area contributed by atoms with E-state index in [1.54, 1.807) is 0 Å². The van der Waals surface area contributed by atoms with E-state index in [0.717, 1.165) is 46.7 Å². The molecule has 1 saturated heterocycles. The fraction of sp³-hybridized carbons (Fsp3) is 0.241. The van der Waals surface area contributed by atoms with Crippen LogP contribution in [0, 0.1) is 13.8 Å². The molecule has 0 amide bonds. The second-order valence-corrected chi connectivity index (χ2v) is 9.93. The number of thiocarbonyl (C=S) groups is 1. The average molecular weight is 516 g/mol. The Bertz CT molecular complexity index is 1320. The lowest BCUT2D eigenvalue weighted by Crippen LogP contribution is -2.31. The summed E-state index contributed by atoms with van der Waals surface area (Å²) in [4.78, 5) is 7.01. The Hall–Kier alpha value is -3.35. The van der Waals surface area contributed by atoms with Gasteiger partial charge in [-0.1, -0.05) is 35.9 Å². The summed E-state index contributed by atoms with van der Waals surface area (Å²) >= 11 is 12.0. The first-order valence-corrected chi connectivity index (χ1v) is 13.0. The number of para-hydroxylation sites is 1. The van der Waals surface area contributed by atoms with Crippen LogP contribution in [0.3, 0.4) is 0 Å². The Balaban J connectivity index is 1.45. The van der Waals surface area contributed by atoms with Crippen molar-refractivity contribution in [3.8, 4) is 5.69 Å². The van der Waals surface area contributed by atoms with Crippen molar-refractivity contribution in [3.63, 3.8) is 0 Å². The topological polar surface area (TPSA) is 45.1 Å². The molecule has 0 bridgehead atoms. The Kier molecular flexibility index (Phi) is 7.25. The van der Waals surface area contributed by atoms with E-state index < -0.39 is 0 Å². The molecule has 0 unspecified atom stereocenters. The van der Waals surface area contributed by atoms with E-state index in [2.05, 4.69) is 75.3 Å². The number of pyridine rings is 1. The maximum absolute atomic E-state index is 6.16. The number of benzene rings is 2. The third kappa shape index (κ3) is 4.97. The summed E-state index contributed by atoms with van der Waals surface area (Å²) in [6, 6.07) is 26.7. The van der Waals surface area contributed by atoms with E-state index in [1.807, 2.05) is 48.7 Å². The van der Waals surface area contributed by atoms with Crippen LogP contribution in [0.2, 0.25) is 5.02 Å². The summed E-state index contributed by atoms with van der Waals surface area (Å²) < 4.78 is 2.29. The predicted octanol–water partition coefficient (Wildman–Crippen LogP) is 6.62. The minimum Gasteiger partial charge on any atom is -0.385 e. The highest BCUT2D eigenvalue weighted by molar-refractivity contribution is 7.80. The Labute approximate surface area is 223 Å². The number of anilines is 1. The van der Waals surface area contributed by atoms with Crippen LogP contribution in [0.25, 0.3) is 5.69 Å². The maximum Gasteiger partial charge on any atom is 0.170 e. The van der Waals surface area contributed by atoms with E-state index in [4.69, 9.17) is 23.8 Å². The van der Waals surface area contributed by atoms with Gasteiger partial charge in [0.05, 0.1) is 17.8 Å². The lowest BCUT2D eigenvalue weighted by molar-refractivity contribution is 0.315. The summed E-state index contributed by atoms with van der Waals surface area (Å²) in [5.41, 5.74) is 6.84. The number of halogens is 1. The number of nitrogens with one attached hydrogen (secondary N) is 2. The second kappa shape index (κ2) is 10.7. The van der Waals surface area contributed by atoms with Crippen LogP contribution in [0.1, 0.15) is 41.1 Å². The van der Waals surface area contributed by atoms with Crippen molar-refractivity contribution in [2.75, 3.05) is 18.4 Å². The van der Waals surface area contributed by atoms with Crippen LogP contribution >= 0.6 is 23.8 Å². The molecule has 184 valence electrons. The lowest BCUT2D eigenvalue weighted by Gasteiger charge is -2.28. The van der Waals surface area contributed by atoms with Gasteiger partial charge < -0.3 is 20.1 Å². The van der Waals surface area contributed by atoms with E-state index >= 15 is 0 Å². The molecule has 1 aliphatic heterocycles. The zero-order chi connectivity index (χ0) is 25.1. The number of aryl methyl sites for hydroxylation is 1. The molecule has 1 fully saturated rings. The van der Waals surface area contributed by atoms with Crippen molar-refractivity contribution in [3.05, 3.63) is 113 Å². The Morgan fingerprint density at radius 1 is 1.00 bits per heavy atom. The SMILES string of the molecule is Cc1cc([C@H]2[C@H](c3ccccn3)NC(=S)N2CCCNc2ccccc2)c(C)n1-c1ccc(Cl)cc1. The van der Waals surface area contributed by atoms with Crippen LogP contribution < -0.4 is 10.6 Å². The normalized spacial score (nSPS) is 17.3. The van der Waals surface area contributed by atoms with Crippen molar-refractivity contribution >= 4 is 34.6 Å². The number of rotatable bonds is 8. The predicted molar refractivity (Wildman–Crippen MR) is 152 cm³/mol. The molecule has 2 N–H and O–H groups in total. The number of aromatic nitrogens is 2. The molecule has 5 nitrogen and oxygen atoms in total. The first-order valence-electron chi connectivity index (χ1n) is 12.2. The van der Waals surface area contributed by atoms with E-state index in [9.17, 15) is 0 Å². The molecule has 36 heavy (non-hydrogen) atoms. The Morgan fingerprint density at radius 2 is 1.75 bits per heavy atom. The van der Waals surface area contributed by atoms with Gasteiger partial charge in [0.15, 0.2) is 5.11 Å². The first kappa shape index (κ1) is 24.3. The van der Waals surface area contributed by atoms with Gasteiger partial charge in [-0.05, 0) is 92.6 Å². The van der Waals surface area contributed by atoms with E-state index in [-0.39, 0.29) is 12.1 Å². The van der Waals surface area contributed by atoms with Crippen molar-refractivity contribution in [2.45, 2.75) is 32.4 Å². The van der Waals surface area contributed by atoms with Crippen LogP contribution in [0.15, 0.2) is 85.1 Å².